The molecular weight excluding hydrogens is 123 g/mol. The SMILES string of the molecule is CCOC(C)CC(=O)F. The summed E-state index contributed by atoms with van der Waals surface area (Å²) in [6.45, 7) is 3.99. The molecule has 0 aromatic carbocycles. The van der Waals surface area contributed by atoms with Gasteiger partial charge in [0.15, 0.2) is 0 Å². The average molecular weight is 134 g/mol. The molecule has 1 atom stereocenters. The van der Waals surface area contributed by atoms with E-state index < -0.39 is 6.04 Å². The number of rotatable bonds is 4. The van der Waals surface area contributed by atoms with Gasteiger partial charge in [-0.15, -0.1) is 0 Å². The van der Waals surface area contributed by atoms with Crippen LogP contribution in [0.5, 0.6) is 0 Å². The molecule has 0 aliphatic heterocycles. The maximum atomic E-state index is 11.6. The van der Waals surface area contributed by atoms with Crippen molar-refractivity contribution in [1.29, 1.82) is 0 Å². The number of ether oxygens (including phenoxy) is 1. The molecule has 0 heterocycles. The van der Waals surface area contributed by atoms with E-state index in [1.807, 2.05) is 0 Å². The van der Waals surface area contributed by atoms with E-state index in [9.17, 15) is 9.18 Å². The van der Waals surface area contributed by atoms with Crippen LogP contribution in [0, 0.1) is 0 Å². The van der Waals surface area contributed by atoms with Crippen molar-refractivity contribution in [1.82, 2.24) is 0 Å². The zero-order valence-electron chi connectivity index (χ0n) is 5.69. The number of carbonyl (C=O) groups excluding carboxylic acids is 1. The van der Waals surface area contributed by atoms with Crippen molar-refractivity contribution in [3.05, 3.63) is 0 Å². The summed E-state index contributed by atoms with van der Waals surface area (Å²) in [7, 11) is 0. The van der Waals surface area contributed by atoms with Crippen molar-refractivity contribution in [3.8, 4) is 0 Å². The van der Waals surface area contributed by atoms with E-state index in [1.165, 1.54) is 0 Å². The Kier molecular flexibility index (Phi) is 4.22. The molecule has 9 heavy (non-hydrogen) atoms. The Bertz CT molecular complexity index is 93.1. The highest BCUT2D eigenvalue weighted by molar-refractivity contribution is 5.68. The van der Waals surface area contributed by atoms with Gasteiger partial charge in [-0.25, -0.2) is 0 Å². The topological polar surface area (TPSA) is 26.3 Å². The van der Waals surface area contributed by atoms with Gasteiger partial charge in [-0.05, 0) is 13.8 Å². The number of hydrogen-bond donors (Lipinski definition) is 0. The van der Waals surface area contributed by atoms with Crippen molar-refractivity contribution in [2.75, 3.05) is 6.61 Å². The Morgan fingerprint density at radius 3 is 2.67 bits per heavy atom. The molecule has 0 aromatic rings. The Morgan fingerprint density at radius 1 is 1.78 bits per heavy atom. The predicted molar refractivity (Wildman–Crippen MR) is 31.8 cm³/mol. The first-order valence-corrected chi connectivity index (χ1v) is 2.96. The Labute approximate surface area is 54.0 Å². The molecule has 0 radical (unpaired) electrons. The van der Waals surface area contributed by atoms with Crippen LogP contribution in [0.4, 0.5) is 4.39 Å². The fraction of sp³-hybridized carbons (Fsp3) is 0.833. The van der Waals surface area contributed by atoms with Gasteiger partial charge in [-0.3, -0.25) is 4.79 Å². The summed E-state index contributed by atoms with van der Waals surface area (Å²) in [5.74, 6) is 0. The molecule has 0 fully saturated rings. The molecule has 0 saturated heterocycles. The molecule has 0 bridgehead atoms. The van der Waals surface area contributed by atoms with Crippen LogP contribution in [0.1, 0.15) is 20.3 Å². The lowest BCUT2D eigenvalue weighted by atomic mass is 10.3. The third-order valence-electron chi connectivity index (χ3n) is 0.899. The van der Waals surface area contributed by atoms with Crippen LogP contribution < -0.4 is 0 Å². The lowest BCUT2D eigenvalue weighted by Crippen LogP contribution is -2.10. The highest BCUT2D eigenvalue weighted by Crippen LogP contribution is 1.97. The summed E-state index contributed by atoms with van der Waals surface area (Å²) in [6.07, 6.45) is -0.416. The molecule has 0 aromatic heterocycles. The first-order valence-electron chi connectivity index (χ1n) is 2.96. The summed E-state index contributed by atoms with van der Waals surface area (Å²) in [5.41, 5.74) is 0. The molecule has 3 heteroatoms. The van der Waals surface area contributed by atoms with Gasteiger partial charge in [0.2, 0.25) is 0 Å². The highest BCUT2D eigenvalue weighted by Gasteiger charge is 2.05. The van der Waals surface area contributed by atoms with Crippen molar-refractivity contribution >= 4 is 6.04 Å². The van der Waals surface area contributed by atoms with Crippen molar-refractivity contribution in [2.24, 2.45) is 0 Å². The van der Waals surface area contributed by atoms with Gasteiger partial charge in [0, 0.05) is 6.61 Å². The van der Waals surface area contributed by atoms with Crippen molar-refractivity contribution < 1.29 is 13.9 Å². The van der Waals surface area contributed by atoms with Crippen molar-refractivity contribution in [3.63, 3.8) is 0 Å². The number of carbonyl (C=O) groups is 1. The molecule has 0 amide bonds. The molecule has 0 rings (SSSR count). The predicted octanol–water partition coefficient (Wildman–Crippen LogP) is 1.30. The zero-order chi connectivity index (χ0) is 7.28. The van der Waals surface area contributed by atoms with E-state index in [0.29, 0.717) is 6.61 Å². The zero-order valence-corrected chi connectivity index (χ0v) is 5.69. The molecule has 2 nitrogen and oxygen atoms in total. The van der Waals surface area contributed by atoms with Crippen LogP contribution in [0.3, 0.4) is 0 Å². The highest BCUT2D eigenvalue weighted by atomic mass is 19.1. The Balaban J connectivity index is 3.26. The molecule has 54 valence electrons. The summed E-state index contributed by atoms with van der Waals surface area (Å²) in [6, 6.07) is -1.31. The maximum absolute atomic E-state index is 11.6. The van der Waals surface area contributed by atoms with E-state index in [2.05, 4.69) is 0 Å². The van der Waals surface area contributed by atoms with Crippen LogP contribution in [-0.4, -0.2) is 18.7 Å². The van der Waals surface area contributed by atoms with E-state index in [4.69, 9.17) is 4.74 Å². The second-order valence-corrected chi connectivity index (χ2v) is 1.83. The average Bonchev–Trinajstić information content (AvgIpc) is 1.63. The third kappa shape index (κ3) is 5.43. The monoisotopic (exact) mass is 134 g/mol. The lowest BCUT2D eigenvalue weighted by Gasteiger charge is -2.06. The van der Waals surface area contributed by atoms with E-state index >= 15 is 0 Å². The van der Waals surface area contributed by atoms with Gasteiger partial charge in [-0.1, -0.05) is 0 Å². The summed E-state index contributed by atoms with van der Waals surface area (Å²) >= 11 is 0. The van der Waals surface area contributed by atoms with Crippen LogP contribution in [-0.2, 0) is 9.53 Å². The minimum Gasteiger partial charge on any atom is -0.378 e. The summed E-state index contributed by atoms with van der Waals surface area (Å²) in [4.78, 5) is 9.78. The fourth-order valence-corrected chi connectivity index (χ4v) is 0.569. The summed E-state index contributed by atoms with van der Waals surface area (Å²) < 4.78 is 16.4. The van der Waals surface area contributed by atoms with E-state index in [1.54, 1.807) is 13.8 Å². The second kappa shape index (κ2) is 4.44. The van der Waals surface area contributed by atoms with Gasteiger partial charge in [-0.2, -0.15) is 4.39 Å². The lowest BCUT2D eigenvalue weighted by molar-refractivity contribution is -0.131. The molecular formula is C6H11FO2. The van der Waals surface area contributed by atoms with Crippen LogP contribution in [0.25, 0.3) is 0 Å². The van der Waals surface area contributed by atoms with Crippen LogP contribution >= 0.6 is 0 Å². The van der Waals surface area contributed by atoms with Crippen molar-refractivity contribution in [2.45, 2.75) is 26.4 Å². The number of hydrogen-bond acceptors (Lipinski definition) is 2. The molecule has 0 spiro atoms. The third-order valence-corrected chi connectivity index (χ3v) is 0.899. The second-order valence-electron chi connectivity index (χ2n) is 1.83. The summed E-state index contributed by atoms with van der Waals surface area (Å²) in [5, 5.41) is 0. The molecule has 0 N–H and O–H groups in total. The van der Waals surface area contributed by atoms with Gasteiger partial charge < -0.3 is 4.74 Å². The van der Waals surface area contributed by atoms with Gasteiger partial charge >= 0.3 is 6.04 Å². The molecule has 0 aliphatic rings. The van der Waals surface area contributed by atoms with Gasteiger partial charge in [0.25, 0.3) is 0 Å². The number of halogens is 1. The fourth-order valence-electron chi connectivity index (χ4n) is 0.569. The Morgan fingerprint density at radius 2 is 2.33 bits per heavy atom. The standard InChI is InChI=1S/C6H11FO2/c1-3-9-5(2)4-6(7)8/h5H,3-4H2,1-2H3. The smallest absolute Gasteiger partial charge is 0.304 e. The van der Waals surface area contributed by atoms with E-state index in [0.717, 1.165) is 0 Å². The largest absolute Gasteiger partial charge is 0.378 e. The minimum absolute atomic E-state index is 0.131. The van der Waals surface area contributed by atoms with E-state index in [-0.39, 0.29) is 12.5 Å². The first kappa shape index (κ1) is 8.56. The van der Waals surface area contributed by atoms with Gasteiger partial charge in [0.1, 0.15) is 0 Å². The quantitative estimate of drug-likeness (QED) is 0.541. The first-order chi connectivity index (χ1) is 4.16. The molecule has 1 unspecified atom stereocenters. The minimum atomic E-state index is -1.31. The van der Waals surface area contributed by atoms with Crippen LogP contribution in [0.2, 0.25) is 0 Å². The van der Waals surface area contributed by atoms with Crippen LogP contribution in [0.15, 0.2) is 0 Å². The normalized spacial score (nSPS) is 13.2. The maximum Gasteiger partial charge on any atom is 0.304 e. The molecule has 0 saturated carbocycles. The Hall–Kier alpha value is -0.440. The van der Waals surface area contributed by atoms with Gasteiger partial charge in [0.05, 0.1) is 12.5 Å². The molecule has 0 aliphatic carbocycles.